The second kappa shape index (κ2) is 6.10. The van der Waals surface area contributed by atoms with Crippen molar-refractivity contribution in [1.29, 1.82) is 0 Å². The number of rotatable bonds is 3. The number of halogens is 3. The maximum atomic E-state index is 12.8. The van der Waals surface area contributed by atoms with Crippen LogP contribution in [0.4, 0.5) is 13.2 Å². The Labute approximate surface area is 125 Å². The first kappa shape index (κ1) is 16.5. The third-order valence-corrected chi connectivity index (χ3v) is 3.85. The molecule has 0 aliphatic carbocycles. The first-order valence-corrected chi connectivity index (χ1v) is 7.11. The van der Waals surface area contributed by atoms with Crippen LogP contribution in [0.2, 0.25) is 0 Å². The summed E-state index contributed by atoms with van der Waals surface area (Å²) in [5.41, 5.74) is 0.722. The van der Waals surface area contributed by atoms with E-state index < -0.39 is 23.8 Å². The highest BCUT2D eigenvalue weighted by Gasteiger charge is 2.47. The molecule has 122 valence electrons. The molecule has 1 saturated heterocycles. The molecule has 1 fully saturated rings. The number of aryl methyl sites for hydroxylation is 2. The zero-order chi connectivity index (χ0) is 16.5. The van der Waals surface area contributed by atoms with Gasteiger partial charge in [0.1, 0.15) is 6.04 Å². The molecule has 2 rings (SSSR count). The van der Waals surface area contributed by atoms with Gasteiger partial charge in [0.15, 0.2) is 0 Å². The first-order valence-electron chi connectivity index (χ1n) is 7.11. The maximum absolute atomic E-state index is 12.8. The van der Waals surface area contributed by atoms with Gasteiger partial charge in [0.05, 0.1) is 0 Å². The van der Waals surface area contributed by atoms with Crippen LogP contribution >= 0.6 is 0 Å². The van der Waals surface area contributed by atoms with E-state index in [1.165, 1.54) is 4.57 Å². The van der Waals surface area contributed by atoms with E-state index in [1.807, 2.05) is 0 Å². The fourth-order valence-electron chi connectivity index (χ4n) is 2.80. The number of nitrogens with zero attached hydrogens (tertiary/aromatic N) is 3. The van der Waals surface area contributed by atoms with Crippen LogP contribution in [-0.2, 0) is 11.3 Å². The number of carbonyl (C=O) groups excluding carboxylic acids is 1. The van der Waals surface area contributed by atoms with Crippen LogP contribution in [0.1, 0.15) is 30.7 Å². The number of hydrogen-bond acceptors (Lipinski definition) is 3. The van der Waals surface area contributed by atoms with Gasteiger partial charge in [0, 0.05) is 30.9 Å². The van der Waals surface area contributed by atoms with Gasteiger partial charge in [-0.1, -0.05) is 0 Å². The Balaban J connectivity index is 2.06. The van der Waals surface area contributed by atoms with Crippen molar-refractivity contribution in [2.24, 2.45) is 0 Å². The van der Waals surface area contributed by atoms with Crippen LogP contribution in [0.15, 0.2) is 10.9 Å². The monoisotopic (exact) mass is 317 g/mol. The Kier molecular flexibility index (Phi) is 4.58. The minimum absolute atomic E-state index is 0.0395. The number of hydrogen-bond donors (Lipinski definition) is 0. The molecule has 0 spiro atoms. The molecular weight excluding hydrogens is 299 g/mol. The lowest BCUT2D eigenvalue weighted by Crippen LogP contribution is -2.45. The normalized spacial score (nSPS) is 18.8. The summed E-state index contributed by atoms with van der Waals surface area (Å²) in [6.07, 6.45) is -4.25. The van der Waals surface area contributed by atoms with E-state index in [0.717, 1.165) is 4.90 Å². The van der Waals surface area contributed by atoms with E-state index in [9.17, 15) is 22.8 Å². The standard InChI is InChI=1S/C14H18F3N3O2/c1-9-8-10(2)19(13(22)18-9)7-5-12(21)20-6-3-4-11(20)14(15,16)17/h8,11H,3-7H2,1-2H3. The SMILES string of the molecule is Cc1cc(C)n(CCC(=O)N2CCCC2C(F)(F)F)c(=O)n1. The zero-order valence-corrected chi connectivity index (χ0v) is 12.5. The van der Waals surface area contributed by atoms with Crippen molar-refractivity contribution in [2.75, 3.05) is 6.54 Å². The van der Waals surface area contributed by atoms with Gasteiger partial charge in [0.2, 0.25) is 5.91 Å². The highest BCUT2D eigenvalue weighted by atomic mass is 19.4. The van der Waals surface area contributed by atoms with Crippen molar-refractivity contribution in [3.8, 4) is 0 Å². The molecule has 0 aromatic carbocycles. The maximum Gasteiger partial charge on any atom is 0.408 e. The van der Waals surface area contributed by atoms with E-state index in [4.69, 9.17) is 0 Å². The fraction of sp³-hybridized carbons (Fsp3) is 0.643. The second-order valence-corrected chi connectivity index (χ2v) is 5.51. The average Bonchev–Trinajstić information content (AvgIpc) is 2.86. The van der Waals surface area contributed by atoms with Gasteiger partial charge in [-0.2, -0.15) is 18.2 Å². The van der Waals surface area contributed by atoms with Gasteiger partial charge in [-0.3, -0.25) is 9.36 Å². The molecule has 1 aromatic heterocycles. The smallest absolute Gasteiger partial charge is 0.331 e. The predicted octanol–water partition coefficient (Wildman–Crippen LogP) is 1.80. The Bertz CT molecular complexity index is 625. The van der Waals surface area contributed by atoms with E-state index in [-0.39, 0.29) is 25.9 Å². The summed E-state index contributed by atoms with van der Waals surface area (Å²) < 4.78 is 39.9. The van der Waals surface area contributed by atoms with Gasteiger partial charge >= 0.3 is 11.9 Å². The summed E-state index contributed by atoms with van der Waals surface area (Å²) in [4.78, 5) is 28.5. The molecule has 5 nitrogen and oxygen atoms in total. The minimum atomic E-state index is -4.40. The van der Waals surface area contributed by atoms with E-state index in [2.05, 4.69) is 4.98 Å². The summed E-state index contributed by atoms with van der Waals surface area (Å²) >= 11 is 0. The summed E-state index contributed by atoms with van der Waals surface area (Å²) in [6, 6.07) is -0.00534. The van der Waals surface area contributed by atoms with Crippen LogP contribution in [0, 0.1) is 13.8 Å². The molecule has 0 N–H and O–H groups in total. The van der Waals surface area contributed by atoms with Crippen molar-refractivity contribution in [3.05, 3.63) is 27.9 Å². The van der Waals surface area contributed by atoms with E-state index in [1.54, 1.807) is 19.9 Å². The largest absolute Gasteiger partial charge is 0.408 e. The molecular formula is C14H18F3N3O2. The Morgan fingerprint density at radius 1 is 1.41 bits per heavy atom. The van der Waals surface area contributed by atoms with Crippen LogP contribution in [0.3, 0.4) is 0 Å². The van der Waals surface area contributed by atoms with Gasteiger partial charge in [-0.15, -0.1) is 0 Å². The highest BCUT2D eigenvalue weighted by Crippen LogP contribution is 2.32. The molecule has 1 aromatic rings. The fourth-order valence-corrected chi connectivity index (χ4v) is 2.80. The molecule has 1 aliphatic rings. The summed E-state index contributed by atoms with van der Waals surface area (Å²) in [6.45, 7) is 3.54. The molecule has 2 heterocycles. The number of carbonyl (C=O) groups is 1. The number of amides is 1. The molecule has 1 aliphatic heterocycles. The van der Waals surface area contributed by atoms with E-state index in [0.29, 0.717) is 17.8 Å². The first-order chi connectivity index (χ1) is 10.2. The summed E-state index contributed by atoms with van der Waals surface area (Å²) in [7, 11) is 0. The van der Waals surface area contributed by atoms with Gasteiger partial charge < -0.3 is 4.90 Å². The van der Waals surface area contributed by atoms with Crippen molar-refractivity contribution in [2.45, 2.75) is 51.9 Å². The third-order valence-electron chi connectivity index (χ3n) is 3.85. The molecule has 0 saturated carbocycles. The lowest BCUT2D eigenvalue weighted by atomic mass is 10.2. The average molecular weight is 317 g/mol. The van der Waals surface area contributed by atoms with Crippen LogP contribution in [0.25, 0.3) is 0 Å². The molecule has 0 bridgehead atoms. The predicted molar refractivity (Wildman–Crippen MR) is 73.4 cm³/mol. The van der Waals surface area contributed by atoms with Gasteiger partial charge in [-0.05, 0) is 32.8 Å². The lowest BCUT2D eigenvalue weighted by Gasteiger charge is -2.26. The van der Waals surface area contributed by atoms with Crippen molar-refractivity contribution in [1.82, 2.24) is 14.5 Å². The quantitative estimate of drug-likeness (QED) is 0.854. The molecule has 1 unspecified atom stereocenters. The van der Waals surface area contributed by atoms with Gasteiger partial charge in [-0.25, -0.2) is 4.79 Å². The van der Waals surface area contributed by atoms with Crippen LogP contribution < -0.4 is 5.69 Å². The van der Waals surface area contributed by atoms with Crippen molar-refractivity contribution < 1.29 is 18.0 Å². The molecule has 0 radical (unpaired) electrons. The minimum Gasteiger partial charge on any atom is -0.331 e. The third kappa shape index (κ3) is 3.48. The zero-order valence-electron chi connectivity index (χ0n) is 12.5. The molecule has 8 heteroatoms. The van der Waals surface area contributed by atoms with Gasteiger partial charge in [0.25, 0.3) is 0 Å². The Morgan fingerprint density at radius 2 is 2.09 bits per heavy atom. The van der Waals surface area contributed by atoms with Crippen LogP contribution in [-0.4, -0.2) is 39.1 Å². The number of likely N-dealkylation sites (tertiary alicyclic amines) is 1. The molecule has 1 amide bonds. The van der Waals surface area contributed by atoms with Crippen LogP contribution in [0.5, 0.6) is 0 Å². The topological polar surface area (TPSA) is 55.2 Å². The van der Waals surface area contributed by atoms with Crippen molar-refractivity contribution >= 4 is 5.91 Å². The molecule has 22 heavy (non-hydrogen) atoms. The summed E-state index contributed by atoms with van der Waals surface area (Å²) in [5.74, 6) is -0.577. The Hall–Kier alpha value is -1.86. The number of aromatic nitrogens is 2. The van der Waals surface area contributed by atoms with E-state index >= 15 is 0 Å². The van der Waals surface area contributed by atoms with Crippen molar-refractivity contribution in [3.63, 3.8) is 0 Å². The molecule has 1 atom stereocenters. The lowest BCUT2D eigenvalue weighted by molar-refractivity contribution is -0.182. The summed E-state index contributed by atoms with van der Waals surface area (Å²) in [5, 5.41) is 0. The highest BCUT2D eigenvalue weighted by molar-refractivity contribution is 5.76. The second-order valence-electron chi connectivity index (χ2n) is 5.51. The number of alkyl halides is 3. The Morgan fingerprint density at radius 3 is 2.68 bits per heavy atom.